The second kappa shape index (κ2) is 5.14. The van der Waals surface area contributed by atoms with Crippen molar-refractivity contribution in [3.05, 3.63) is 29.6 Å². The molecule has 0 aliphatic carbocycles. The first kappa shape index (κ1) is 13.4. The summed E-state index contributed by atoms with van der Waals surface area (Å²) in [6.45, 7) is 3.81. The van der Waals surface area contributed by atoms with Crippen LogP contribution >= 0.6 is 0 Å². The van der Waals surface area contributed by atoms with Crippen LogP contribution in [-0.2, 0) is 0 Å². The second-order valence-electron chi connectivity index (χ2n) is 4.74. The van der Waals surface area contributed by atoms with Crippen LogP contribution in [0.25, 0.3) is 0 Å². The van der Waals surface area contributed by atoms with Crippen molar-refractivity contribution in [1.29, 1.82) is 0 Å². The van der Waals surface area contributed by atoms with Gasteiger partial charge in [0.1, 0.15) is 5.82 Å². The van der Waals surface area contributed by atoms with Crippen LogP contribution in [0.3, 0.4) is 0 Å². The molecular weight excluding hydrogens is 223 g/mol. The Morgan fingerprint density at radius 1 is 1.53 bits per heavy atom. The van der Waals surface area contributed by atoms with Crippen LogP contribution in [0.4, 0.5) is 10.1 Å². The van der Waals surface area contributed by atoms with Crippen molar-refractivity contribution in [3.63, 3.8) is 0 Å². The first-order valence-corrected chi connectivity index (χ1v) is 5.30. The van der Waals surface area contributed by atoms with E-state index in [2.05, 4.69) is 5.32 Å². The average Bonchev–Trinajstić information content (AvgIpc) is 2.26. The number of anilines is 1. The minimum atomic E-state index is -0.649. The number of carbonyl (C=O) groups is 1. The number of nitrogens with two attached hydrogens (primary N) is 1. The van der Waals surface area contributed by atoms with Crippen molar-refractivity contribution in [2.45, 2.75) is 13.8 Å². The summed E-state index contributed by atoms with van der Waals surface area (Å²) in [6.07, 6.45) is 0. The van der Waals surface area contributed by atoms with Crippen molar-refractivity contribution in [2.24, 2.45) is 5.41 Å². The Morgan fingerprint density at radius 2 is 2.18 bits per heavy atom. The summed E-state index contributed by atoms with van der Waals surface area (Å²) in [7, 11) is 0. The van der Waals surface area contributed by atoms with Crippen LogP contribution in [0.2, 0.25) is 0 Å². The largest absolute Gasteiger partial charge is 0.399 e. The molecule has 0 bridgehead atoms. The lowest BCUT2D eigenvalue weighted by molar-refractivity contribution is 0.0907. The maximum Gasteiger partial charge on any atom is 0.254 e. The number of nitrogen functional groups attached to an aromatic ring is 1. The molecule has 17 heavy (non-hydrogen) atoms. The van der Waals surface area contributed by atoms with Crippen molar-refractivity contribution >= 4 is 11.6 Å². The fourth-order valence-electron chi connectivity index (χ4n) is 1.19. The molecule has 0 fully saturated rings. The zero-order valence-electron chi connectivity index (χ0n) is 9.96. The van der Waals surface area contributed by atoms with E-state index in [4.69, 9.17) is 10.8 Å². The molecule has 1 amide bonds. The molecule has 0 saturated carbocycles. The second-order valence-corrected chi connectivity index (χ2v) is 4.74. The average molecular weight is 240 g/mol. The van der Waals surface area contributed by atoms with Gasteiger partial charge in [-0.15, -0.1) is 0 Å². The van der Waals surface area contributed by atoms with E-state index in [1.54, 1.807) is 13.8 Å². The molecule has 0 radical (unpaired) electrons. The topological polar surface area (TPSA) is 75.3 Å². The zero-order valence-corrected chi connectivity index (χ0v) is 9.96. The molecule has 5 heteroatoms. The summed E-state index contributed by atoms with van der Waals surface area (Å²) in [5.74, 6) is -1.16. The highest BCUT2D eigenvalue weighted by atomic mass is 19.1. The fourth-order valence-corrected chi connectivity index (χ4v) is 1.19. The van der Waals surface area contributed by atoms with Crippen molar-refractivity contribution < 1.29 is 14.3 Å². The highest BCUT2D eigenvalue weighted by Crippen LogP contribution is 2.14. The van der Waals surface area contributed by atoms with Crippen molar-refractivity contribution in [2.75, 3.05) is 18.9 Å². The quantitative estimate of drug-likeness (QED) is 0.691. The molecule has 1 aromatic carbocycles. The Morgan fingerprint density at radius 3 is 2.71 bits per heavy atom. The number of hydrogen-bond acceptors (Lipinski definition) is 3. The molecule has 0 aliphatic rings. The van der Waals surface area contributed by atoms with Gasteiger partial charge in [-0.05, 0) is 18.2 Å². The molecule has 4 nitrogen and oxygen atoms in total. The molecular formula is C12H17FN2O2. The summed E-state index contributed by atoms with van der Waals surface area (Å²) in [4.78, 5) is 11.7. The van der Waals surface area contributed by atoms with E-state index in [1.165, 1.54) is 12.1 Å². The third-order valence-corrected chi connectivity index (χ3v) is 2.39. The highest BCUT2D eigenvalue weighted by Gasteiger charge is 2.19. The molecule has 94 valence electrons. The number of aliphatic hydroxyl groups excluding tert-OH is 1. The Labute approximate surface area is 99.6 Å². The van der Waals surface area contributed by atoms with Crippen LogP contribution in [0.1, 0.15) is 24.2 Å². The van der Waals surface area contributed by atoms with Crippen molar-refractivity contribution in [3.8, 4) is 0 Å². The number of amides is 1. The molecule has 0 atom stereocenters. The fraction of sp³-hybridized carbons (Fsp3) is 0.417. The van der Waals surface area contributed by atoms with E-state index in [9.17, 15) is 9.18 Å². The summed E-state index contributed by atoms with van der Waals surface area (Å²) >= 11 is 0. The Hall–Kier alpha value is -1.62. The SMILES string of the molecule is CC(C)(CO)CNC(=O)c1ccc(N)cc1F. The predicted molar refractivity (Wildman–Crippen MR) is 64.0 cm³/mol. The number of rotatable bonds is 4. The number of nitrogens with one attached hydrogen (secondary N) is 1. The van der Waals surface area contributed by atoms with Gasteiger partial charge in [0.25, 0.3) is 5.91 Å². The summed E-state index contributed by atoms with van der Waals surface area (Å²) < 4.78 is 13.4. The maximum absolute atomic E-state index is 13.4. The standard InChI is InChI=1S/C12H17FN2O2/c1-12(2,7-16)6-15-11(17)9-4-3-8(14)5-10(9)13/h3-5,16H,6-7,14H2,1-2H3,(H,15,17). The first-order chi connectivity index (χ1) is 7.85. The van der Waals surface area contributed by atoms with Crippen LogP contribution in [0.15, 0.2) is 18.2 Å². The molecule has 0 heterocycles. The van der Waals surface area contributed by atoms with E-state index in [0.717, 1.165) is 6.07 Å². The number of aliphatic hydroxyl groups is 1. The van der Waals surface area contributed by atoms with Gasteiger partial charge in [0.2, 0.25) is 0 Å². The summed E-state index contributed by atoms with van der Waals surface area (Å²) in [5, 5.41) is 11.6. The van der Waals surface area contributed by atoms with Crippen LogP contribution < -0.4 is 11.1 Å². The normalized spacial score (nSPS) is 11.3. The number of halogens is 1. The predicted octanol–water partition coefficient (Wildman–Crippen LogP) is 1.16. The molecule has 0 saturated heterocycles. The number of hydrogen-bond donors (Lipinski definition) is 3. The molecule has 0 unspecified atom stereocenters. The summed E-state index contributed by atoms with van der Waals surface area (Å²) in [6, 6.07) is 3.91. The third-order valence-electron chi connectivity index (χ3n) is 2.39. The molecule has 4 N–H and O–H groups in total. The Balaban J connectivity index is 2.71. The third kappa shape index (κ3) is 3.71. The van der Waals surface area contributed by atoms with Gasteiger partial charge < -0.3 is 16.2 Å². The van der Waals surface area contributed by atoms with Crippen LogP contribution in [0.5, 0.6) is 0 Å². The van der Waals surface area contributed by atoms with Gasteiger partial charge >= 0.3 is 0 Å². The van der Waals surface area contributed by atoms with Gasteiger partial charge in [-0.25, -0.2) is 4.39 Å². The first-order valence-electron chi connectivity index (χ1n) is 5.30. The monoisotopic (exact) mass is 240 g/mol. The zero-order chi connectivity index (χ0) is 13.1. The van der Waals surface area contributed by atoms with Gasteiger partial charge in [0.15, 0.2) is 0 Å². The van der Waals surface area contributed by atoms with Crippen molar-refractivity contribution in [1.82, 2.24) is 5.32 Å². The minimum absolute atomic E-state index is 0.0482. The van der Waals surface area contributed by atoms with Gasteiger partial charge in [-0.2, -0.15) is 0 Å². The van der Waals surface area contributed by atoms with Crippen LogP contribution in [-0.4, -0.2) is 24.2 Å². The van der Waals surface area contributed by atoms with E-state index in [0.29, 0.717) is 0 Å². The van der Waals surface area contributed by atoms with E-state index < -0.39 is 17.1 Å². The molecule has 1 aromatic rings. The van der Waals surface area contributed by atoms with E-state index >= 15 is 0 Å². The van der Waals surface area contributed by atoms with E-state index in [-0.39, 0.29) is 24.4 Å². The number of carbonyl (C=O) groups excluding carboxylic acids is 1. The highest BCUT2D eigenvalue weighted by molar-refractivity contribution is 5.94. The van der Waals surface area contributed by atoms with Gasteiger partial charge in [0, 0.05) is 24.3 Å². The van der Waals surface area contributed by atoms with Gasteiger partial charge in [0.05, 0.1) is 5.56 Å². The minimum Gasteiger partial charge on any atom is -0.399 e. The molecule has 0 aromatic heterocycles. The number of benzene rings is 1. The lowest BCUT2D eigenvalue weighted by atomic mass is 9.95. The van der Waals surface area contributed by atoms with Gasteiger partial charge in [-0.3, -0.25) is 4.79 Å². The molecule has 1 rings (SSSR count). The van der Waals surface area contributed by atoms with Crippen LogP contribution in [0, 0.1) is 11.2 Å². The lowest BCUT2D eigenvalue weighted by Gasteiger charge is -2.21. The lowest BCUT2D eigenvalue weighted by Crippen LogP contribution is -2.36. The summed E-state index contributed by atoms with van der Waals surface area (Å²) in [5.41, 5.74) is 5.18. The Bertz CT molecular complexity index is 419. The van der Waals surface area contributed by atoms with Gasteiger partial charge in [-0.1, -0.05) is 13.8 Å². The molecule has 0 spiro atoms. The smallest absolute Gasteiger partial charge is 0.254 e. The molecule has 0 aliphatic heterocycles. The Kier molecular flexibility index (Phi) is 4.07. The maximum atomic E-state index is 13.4. The van der Waals surface area contributed by atoms with E-state index in [1.807, 2.05) is 0 Å².